The highest BCUT2D eigenvalue weighted by atomic mass is 79.9. The molecule has 0 aromatic carbocycles. The van der Waals surface area contributed by atoms with E-state index in [2.05, 4.69) is 31.5 Å². The molecule has 0 aliphatic heterocycles. The number of hydrogen-bond acceptors (Lipinski definition) is 3. The van der Waals surface area contributed by atoms with Crippen LogP contribution < -0.4 is 10.6 Å². The standard InChI is InChI=1S/C12H16BrN3O/c1-8-6-11(16-7-10(8)13)14-4-5-15-12(17)9-2-3-9/h6-7,9H,2-5H2,1H3,(H,14,16)(H,15,17). The summed E-state index contributed by atoms with van der Waals surface area (Å²) in [7, 11) is 0. The molecular weight excluding hydrogens is 282 g/mol. The minimum absolute atomic E-state index is 0.187. The first kappa shape index (κ1) is 12.4. The highest BCUT2D eigenvalue weighted by Crippen LogP contribution is 2.28. The van der Waals surface area contributed by atoms with Gasteiger partial charge < -0.3 is 10.6 Å². The molecule has 1 amide bonds. The van der Waals surface area contributed by atoms with E-state index in [9.17, 15) is 4.79 Å². The summed E-state index contributed by atoms with van der Waals surface area (Å²) in [5.74, 6) is 1.31. The van der Waals surface area contributed by atoms with E-state index < -0.39 is 0 Å². The number of pyridine rings is 1. The van der Waals surface area contributed by atoms with Gasteiger partial charge in [-0.25, -0.2) is 4.98 Å². The molecule has 2 N–H and O–H groups in total. The normalized spacial score (nSPS) is 14.5. The van der Waals surface area contributed by atoms with Crippen molar-refractivity contribution in [2.75, 3.05) is 18.4 Å². The molecule has 17 heavy (non-hydrogen) atoms. The van der Waals surface area contributed by atoms with Crippen LogP contribution in [-0.4, -0.2) is 24.0 Å². The first-order valence-corrected chi connectivity index (χ1v) is 6.60. The number of aromatic nitrogens is 1. The fourth-order valence-electron chi connectivity index (χ4n) is 1.50. The van der Waals surface area contributed by atoms with E-state index in [1.165, 1.54) is 0 Å². The third kappa shape index (κ3) is 3.70. The Morgan fingerprint density at radius 2 is 2.29 bits per heavy atom. The Bertz CT molecular complexity index is 418. The highest BCUT2D eigenvalue weighted by molar-refractivity contribution is 9.10. The van der Waals surface area contributed by atoms with Crippen LogP contribution in [0.1, 0.15) is 18.4 Å². The van der Waals surface area contributed by atoms with Gasteiger partial charge in [-0.1, -0.05) is 0 Å². The third-order valence-corrected chi connectivity index (χ3v) is 3.56. The van der Waals surface area contributed by atoms with E-state index in [-0.39, 0.29) is 11.8 Å². The van der Waals surface area contributed by atoms with Crippen molar-refractivity contribution in [3.63, 3.8) is 0 Å². The van der Waals surface area contributed by atoms with Gasteiger partial charge >= 0.3 is 0 Å². The molecule has 0 unspecified atom stereocenters. The molecule has 0 bridgehead atoms. The number of hydrogen-bond donors (Lipinski definition) is 2. The summed E-state index contributed by atoms with van der Waals surface area (Å²) in [6.45, 7) is 3.37. The smallest absolute Gasteiger partial charge is 0.223 e. The Morgan fingerprint density at radius 1 is 1.53 bits per heavy atom. The molecule has 1 aromatic rings. The Kier molecular flexibility index (Phi) is 3.99. The van der Waals surface area contributed by atoms with Gasteiger partial charge in [-0.05, 0) is 47.3 Å². The van der Waals surface area contributed by atoms with Crippen LogP contribution in [0.4, 0.5) is 5.82 Å². The minimum Gasteiger partial charge on any atom is -0.368 e. The summed E-state index contributed by atoms with van der Waals surface area (Å²) in [5, 5.41) is 6.08. The Labute approximate surface area is 109 Å². The molecule has 5 heteroatoms. The second kappa shape index (κ2) is 5.49. The van der Waals surface area contributed by atoms with Crippen molar-refractivity contribution in [1.82, 2.24) is 10.3 Å². The number of rotatable bonds is 5. The zero-order chi connectivity index (χ0) is 12.3. The van der Waals surface area contributed by atoms with Crippen LogP contribution in [0.3, 0.4) is 0 Å². The molecule has 0 spiro atoms. The third-order valence-electron chi connectivity index (χ3n) is 2.73. The Hall–Kier alpha value is -1.10. The first-order valence-electron chi connectivity index (χ1n) is 5.80. The zero-order valence-corrected chi connectivity index (χ0v) is 11.4. The lowest BCUT2D eigenvalue weighted by Crippen LogP contribution is -2.29. The molecular formula is C12H16BrN3O. The number of nitrogens with one attached hydrogen (secondary N) is 2. The molecule has 0 radical (unpaired) electrons. The molecule has 0 atom stereocenters. The number of anilines is 1. The summed E-state index contributed by atoms with van der Waals surface area (Å²) in [4.78, 5) is 15.6. The Morgan fingerprint density at radius 3 is 2.94 bits per heavy atom. The van der Waals surface area contributed by atoms with Crippen molar-refractivity contribution < 1.29 is 4.79 Å². The maximum atomic E-state index is 11.4. The summed E-state index contributed by atoms with van der Waals surface area (Å²) < 4.78 is 1.00. The molecule has 1 fully saturated rings. The van der Waals surface area contributed by atoms with Crippen molar-refractivity contribution in [3.8, 4) is 0 Å². The number of carbonyl (C=O) groups excluding carboxylic acids is 1. The molecule has 1 aliphatic carbocycles. The quantitative estimate of drug-likeness (QED) is 0.818. The van der Waals surface area contributed by atoms with E-state index in [1.807, 2.05) is 13.0 Å². The molecule has 0 saturated heterocycles. The molecule has 1 aliphatic rings. The van der Waals surface area contributed by atoms with Gasteiger partial charge in [0.2, 0.25) is 5.91 Å². The van der Waals surface area contributed by atoms with E-state index >= 15 is 0 Å². The molecule has 2 rings (SSSR count). The SMILES string of the molecule is Cc1cc(NCCNC(=O)C2CC2)ncc1Br. The van der Waals surface area contributed by atoms with Gasteiger partial charge in [0.25, 0.3) is 0 Å². The molecule has 1 saturated carbocycles. The molecule has 92 valence electrons. The van der Waals surface area contributed by atoms with E-state index in [0.29, 0.717) is 13.1 Å². The lowest BCUT2D eigenvalue weighted by atomic mass is 10.3. The van der Waals surface area contributed by atoms with Crippen LogP contribution in [0.15, 0.2) is 16.7 Å². The summed E-state index contributed by atoms with van der Waals surface area (Å²) in [6, 6.07) is 1.98. The van der Waals surface area contributed by atoms with Gasteiger partial charge in [0.15, 0.2) is 0 Å². The predicted octanol–water partition coefficient (Wildman–Crippen LogP) is 2.09. The highest BCUT2D eigenvalue weighted by Gasteiger charge is 2.28. The van der Waals surface area contributed by atoms with Gasteiger partial charge in [0.1, 0.15) is 5.82 Å². The number of halogens is 1. The minimum atomic E-state index is 0.187. The topological polar surface area (TPSA) is 54.0 Å². The van der Waals surface area contributed by atoms with E-state index in [0.717, 1.165) is 28.7 Å². The van der Waals surface area contributed by atoms with Gasteiger partial charge in [-0.3, -0.25) is 4.79 Å². The van der Waals surface area contributed by atoms with Crippen LogP contribution in [0.5, 0.6) is 0 Å². The number of carbonyl (C=O) groups is 1. The summed E-state index contributed by atoms with van der Waals surface area (Å²) in [5.41, 5.74) is 1.14. The van der Waals surface area contributed by atoms with Crippen molar-refractivity contribution in [2.24, 2.45) is 5.92 Å². The Balaban J connectivity index is 1.70. The van der Waals surface area contributed by atoms with Gasteiger partial charge in [-0.15, -0.1) is 0 Å². The fraction of sp³-hybridized carbons (Fsp3) is 0.500. The largest absolute Gasteiger partial charge is 0.368 e. The molecule has 1 aromatic heterocycles. The van der Waals surface area contributed by atoms with E-state index in [4.69, 9.17) is 0 Å². The van der Waals surface area contributed by atoms with Gasteiger partial charge in [0.05, 0.1) is 0 Å². The number of aryl methyl sites for hydroxylation is 1. The monoisotopic (exact) mass is 297 g/mol. The lowest BCUT2D eigenvalue weighted by Gasteiger charge is -2.08. The van der Waals surface area contributed by atoms with Gasteiger partial charge in [0, 0.05) is 29.7 Å². The maximum absolute atomic E-state index is 11.4. The van der Waals surface area contributed by atoms with Gasteiger partial charge in [-0.2, -0.15) is 0 Å². The molecule has 1 heterocycles. The number of nitrogens with zero attached hydrogens (tertiary/aromatic N) is 1. The predicted molar refractivity (Wildman–Crippen MR) is 70.9 cm³/mol. The number of amides is 1. The average molecular weight is 298 g/mol. The van der Waals surface area contributed by atoms with Crippen LogP contribution >= 0.6 is 15.9 Å². The maximum Gasteiger partial charge on any atom is 0.223 e. The van der Waals surface area contributed by atoms with Crippen LogP contribution in [0.25, 0.3) is 0 Å². The second-order valence-corrected chi connectivity index (χ2v) is 5.17. The first-order chi connectivity index (χ1) is 8.16. The summed E-state index contributed by atoms with van der Waals surface area (Å²) in [6.07, 6.45) is 3.87. The van der Waals surface area contributed by atoms with Crippen molar-refractivity contribution in [3.05, 3.63) is 22.3 Å². The molecule has 4 nitrogen and oxygen atoms in total. The van der Waals surface area contributed by atoms with Crippen LogP contribution in [0, 0.1) is 12.8 Å². The lowest BCUT2D eigenvalue weighted by molar-refractivity contribution is -0.122. The van der Waals surface area contributed by atoms with Crippen LogP contribution in [0.2, 0.25) is 0 Å². The second-order valence-electron chi connectivity index (χ2n) is 4.31. The van der Waals surface area contributed by atoms with Crippen molar-refractivity contribution in [1.29, 1.82) is 0 Å². The average Bonchev–Trinajstić information content (AvgIpc) is 3.13. The summed E-state index contributed by atoms with van der Waals surface area (Å²) >= 11 is 3.41. The van der Waals surface area contributed by atoms with E-state index in [1.54, 1.807) is 6.20 Å². The fourth-order valence-corrected chi connectivity index (χ4v) is 1.72. The zero-order valence-electron chi connectivity index (χ0n) is 9.79. The van der Waals surface area contributed by atoms with Crippen molar-refractivity contribution in [2.45, 2.75) is 19.8 Å². The van der Waals surface area contributed by atoms with Crippen molar-refractivity contribution >= 4 is 27.7 Å². The van der Waals surface area contributed by atoms with Crippen LogP contribution in [-0.2, 0) is 4.79 Å².